The van der Waals surface area contributed by atoms with Crippen LogP contribution in [-0.2, 0) is 13.0 Å². The highest BCUT2D eigenvalue weighted by Gasteiger charge is 2.11. The van der Waals surface area contributed by atoms with Gasteiger partial charge in [-0.05, 0) is 37.9 Å². The van der Waals surface area contributed by atoms with Gasteiger partial charge in [0.15, 0.2) is 0 Å². The number of aryl methyl sites for hydroxylation is 2. The van der Waals surface area contributed by atoms with E-state index >= 15 is 0 Å². The predicted octanol–water partition coefficient (Wildman–Crippen LogP) is 2.50. The van der Waals surface area contributed by atoms with Crippen LogP contribution < -0.4 is 5.73 Å². The molecule has 0 aliphatic rings. The van der Waals surface area contributed by atoms with Gasteiger partial charge in [0, 0.05) is 18.7 Å². The summed E-state index contributed by atoms with van der Waals surface area (Å²) in [5, 5.41) is 4.31. The van der Waals surface area contributed by atoms with E-state index in [9.17, 15) is 0 Å². The molecule has 0 bridgehead atoms. The molecule has 3 nitrogen and oxygen atoms in total. The number of nitrogens with two attached hydrogens (primary N) is 1. The predicted molar refractivity (Wildman–Crippen MR) is 74.6 cm³/mol. The Morgan fingerprint density at radius 3 is 2.56 bits per heavy atom. The average molecular weight is 243 g/mol. The molecule has 0 fully saturated rings. The minimum Gasteiger partial charge on any atom is -0.330 e. The van der Waals surface area contributed by atoms with E-state index < -0.39 is 0 Å². The van der Waals surface area contributed by atoms with Crippen molar-refractivity contribution in [1.29, 1.82) is 0 Å². The maximum Gasteiger partial charge on any atom is 0.0521 e. The second-order valence-electron chi connectivity index (χ2n) is 4.75. The lowest BCUT2D eigenvalue weighted by Crippen LogP contribution is -2.14. The van der Waals surface area contributed by atoms with Gasteiger partial charge in [-0.3, -0.25) is 4.68 Å². The first-order chi connectivity index (χ1) is 8.72. The Labute approximate surface area is 109 Å². The van der Waals surface area contributed by atoms with Gasteiger partial charge in [0.25, 0.3) is 0 Å². The summed E-state index contributed by atoms with van der Waals surface area (Å²) in [7, 11) is 0. The quantitative estimate of drug-likeness (QED) is 0.877. The van der Waals surface area contributed by atoms with Crippen LogP contribution >= 0.6 is 0 Å². The molecule has 3 heteroatoms. The molecule has 96 valence electrons. The fraction of sp³-hybridized carbons (Fsp3) is 0.400. The topological polar surface area (TPSA) is 43.8 Å². The Hall–Kier alpha value is -1.61. The molecule has 18 heavy (non-hydrogen) atoms. The number of hydrogen-bond acceptors (Lipinski definition) is 2. The molecule has 0 aliphatic carbocycles. The van der Waals surface area contributed by atoms with Crippen LogP contribution in [0, 0.1) is 6.92 Å². The van der Waals surface area contributed by atoms with Gasteiger partial charge in [0.2, 0.25) is 0 Å². The third-order valence-corrected chi connectivity index (χ3v) is 3.33. The second kappa shape index (κ2) is 5.83. The first-order valence-electron chi connectivity index (χ1n) is 6.51. The van der Waals surface area contributed by atoms with Crippen LogP contribution in [0.1, 0.15) is 29.5 Å². The average Bonchev–Trinajstić information content (AvgIpc) is 2.85. The van der Waals surface area contributed by atoms with Crippen LogP contribution in [0.5, 0.6) is 0 Å². The molecule has 0 aliphatic heterocycles. The van der Waals surface area contributed by atoms with E-state index in [0.29, 0.717) is 12.5 Å². The van der Waals surface area contributed by atoms with Gasteiger partial charge in [-0.15, -0.1) is 0 Å². The lowest BCUT2D eigenvalue weighted by molar-refractivity contribution is 0.656. The summed E-state index contributed by atoms with van der Waals surface area (Å²) in [5.74, 6) is 0.375. The Morgan fingerprint density at radius 2 is 2.00 bits per heavy atom. The fourth-order valence-corrected chi connectivity index (χ4v) is 2.15. The van der Waals surface area contributed by atoms with Crippen LogP contribution in [0.4, 0.5) is 0 Å². The molecule has 2 rings (SSSR count). The summed E-state index contributed by atoms with van der Waals surface area (Å²) >= 11 is 0. The van der Waals surface area contributed by atoms with Gasteiger partial charge in [-0.25, -0.2) is 0 Å². The monoisotopic (exact) mass is 243 g/mol. The van der Waals surface area contributed by atoms with Gasteiger partial charge in [0.1, 0.15) is 0 Å². The van der Waals surface area contributed by atoms with Crippen molar-refractivity contribution < 1.29 is 0 Å². The fourth-order valence-electron chi connectivity index (χ4n) is 2.15. The molecule has 1 aromatic carbocycles. The highest BCUT2D eigenvalue weighted by atomic mass is 15.3. The number of aromatic nitrogens is 2. The largest absolute Gasteiger partial charge is 0.330 e. The second-order valence-corrected chi connectivity index (χ2v) is 4.75. The first-order valence-corrected chi connectivity index (χ1v) is 6.51. The number of hydrogen-bond donors (Lipinski definition) is 1. The molecule has 2 N–H and O–H groups in total. The summed E-state index contributed by atoms with van der Waals surface area (Å²) in [4.78, 5) is 0. The maximum atomic E-state index is 5.90. The van der Waals surface area contributed by atoms with Crippen molar-refractivity contribution in [3.63, 3.8) is 0 Å². The van der Waals surface area contributed by atoms with E-state index in [2.05, 4.69) is 49.4 Å². The van der Waals surface area contributed by atoms with Gasteiger partial charge in [-0.2, -0.15) is 5.10 Å². The highest BCUT2D eigenvalue weighted by molar-refractivity contribution is 5.26. The van der Waals surface area contributed by atoms with Crippen LogP contribution in [0.15, 0.2) is 36.7 Å². The third-order valence-electron chi connectivity index (χ3n) is 3.33. The van der Waals surface area contributed by atoms with Gasteiger partial charge in [-0.1, -0.05) is 29.8 Å². The molecule has 2 aromatic rings. The van der Waals surface area contributed by atoms with E-state index in [0.717, 1.165) is 13.0 Å². The van der Waals surface area contributed by atoms with E-state index in [1.807, 2.05) is 10.9 Å². The lowest BCUT2D eigenvalue weighted by atomic mass is 9.93. The normalized spacial score (nSPS) is 12.6. The third kappa shape index (κ3) is 2.99. The van der Waals surface area contributed by atoms with Crippen molar-refractivity contribution >= 4 is 0 Å². The zero-order valence-corrected chi connectivity index (χ0v) is 11.1. The minimum absolute atomic E-state index is 0.375. The molecule has 1 aromatic heterocycles. The molecular weight excluding hydrogens is 222 g/mol. The van der Waals surface area contributed by atoms with E-state index in [1.54, 1.807) is 0 Å². The molecule has 1 heterocycles. The Kier molecular flexibility index (Phi) is 4.15. The van der Waals surface area contributed by atoms with Crippen molar-refractivity contribution in [2.75, 3.05) is 6.54 Å². The molecule has 1 atom stereocenters. The molecular formula is C15H21N3. The van der Waals surface area contributed by atoms with E-state index in [-0.39, 0.29) is 0 Å². The standard InChI is InChI=1S/C15H21N3/c1-3-18-11-13(10-17-18)8-15(9-16)14-6-4-12(2)5-7-14/h4-7,10-11,15H,3,8-9,16H2,1-2H3. The maximum absolute atomic E-state index is 5.90. The highest BCUT2D eigenvalue weighted by Crippen LogP contribution is 2.20. The molecule has 0 amide bonds. The first kappa shape index (κ1) is 12.8. The van der Waals surface area contributed by atoms with Crippen LogP contribution in [-0.4, -0.2) is 16.3 Å². The van der Waals surface area contributed by atoms with Crippen molar-refractivity contribution in [3.8, 4) is 0 Å². The van der Waals surface area contributed by atoms with Crippen LogP contribution in [0.25, 0.3) is 0 Å². The van der Waals surface area contributed by atoms with Gasteiger partial charge < -0.3 is 5.73 Å². The number of nitrogens with zero attached hydrogens (tertiary/aromatic N) is 2. The zero-order chi connectivity index (χ0) is 13.0. The molecule has 0 saturated carbocycles. The van der Waals surface area contributed by atoms with Gasteiger partial charge >= 0.3 is 0 Å². The summed E-state index contributed by atoms with van der Waals surface area (Å²) in [5.41, 5.74) is 9.76. The van der Waals surface area contributed by atoms with E-state index in [4.69, 9.17) is 5.73 Å². The molecule has 0 radical (unpaired) electrons. The molecule has 1 unspecified atom stereocenters. The summed E-state index contributed by atoms with van der Waals surface area (Å²) in [6.07, 6.45) is 5.01. The SMILES string of the molecule is CCn1cc(CC(CN)c2ccc(C)cc2)cn1. The van der Waals surface area contributed by atoms with E-state index in [1.165, 1.54) is 16.7 Å². The van der Waals surface area contributed by atoms with Crippen molar-refractivity contribution in [1.82, 2.24) is 9.78 Å². The Balaban J connectivity index is 2.11. The smallest absolute Gasteiger partial charge is 0.0521 e. The van der Waals surface area contributed by atoms with Crippen molar-refractivity contribution in [2.45, 2.75) is 32.7 Å². The van der Waals surface area contributed by atoms with Gasteiger partial charge in [0.05, 0.1) is 6.20 Å². The Bertz CT molecular complexity index is 485. The lowest BCUT2D eigenvalue weighted by Gasteiger charge is -2.14. The zero-order valence-electron chi connectivity index (χ0n) is 11.1. The minimum atomic E-state index is 0.375. The summed E-state index contributed by atoms with van der Waals surface area (Å²) < 4.78 is 1.96. The van der Waals surface area contributed by atoms with Crippen LogP contribution in [0.2, 0.25) is 0 Å². The van der Waals surface area contributed by atoms with Crippen molar-refractivity contribution in [2.24, 2.45) is 5.73 Å². The van der Waals surface area contributed by atoms with Crippen LogP contribution in [0.3, 0.4) is 0 Å². The number of rotatable bonds is 5. The van der Waals surface area contributed by atoms with Crippen molar-refractivity contribution in [3.05, 3.63) is 53.3 Å². The summed E-state index contributed by atoms with van der Waals surface area (Å²) in [6, 6.07) is 8.65. The Morgan fingerprint density at radius 1 is 1.28 bits per heavy atom. The number of benzene rings is 1. The summed E-state index contributed by atoms with van der Waals surface area (Å²) in [6.45, 7) is 5.78. The molecule has 0 saturated heterocycles. The molecule has 0 spiro atoms.